The van der Waals surface area contributed by atoms with E-state index in [0.29, 0.717) is 17.7 Å². The van der Waals surface area contributed by atoms with Crippen LogP contribution in [-0.2, 0) is 4.74 Å². The molecule has 0 bridgehead atoms. The predicted molar refractivity (Wildman–Crippen MR) is 85.3 cm³/mol. The maximum Gasteiger partial charge on any atom is 0.343 e. The van der Waals surface area contributed by atoms with Gasteiger partial charge in [-0.15, -0.1) is 11.3 Å². The lowest BCUT2D eigenvalue weighted by Crippen LogP contribution is -2.06. The molecule has 4 nitrogen and oxygen atoms in total. The fourth-order valence-corrected chi connectivity index (χ4v) is 3.13. The number of fused-ring (bicyclic) bond motifs is 1. The molecule has 21 heavy (non-hydrogen) atoms. The van der Waals surface area contributed by atoms with E-state index in [1.165, 1.54) is 11.3 Å². The Morgan fingerprint density at radius 1 is 1.24 bits per heavy atom. The molecule has 0 amide bonds. The molecule has 0 aliphatic heterocycles. The number of esters is 1. The van der Waals surface area contributed by atoms with Gasteiger partial charge in [-0.3, -0.25) is 4.98 Å². The number of hydrogen-bond donors (Lipinski definition) is 1. The van der Waals surface area contributed by atoms with E-state index < -0.39 is 0 Å². The number of benzene rings is 1. The van der Waals surface area contributed by atoms with E-state index in [0.717, 1.165) is 15.4 Å². The second-order valence-corrected chi connectivity index (χ2v) is 5.42. The Bertz CT molecular complexity index is 768. The minimum absolute atomic E-state index is 0.341. The molecule has 0 spiro atoms. The molecular weight excluding hydrogens is 284 g/mol. The van der Waals surface area contributed by atoms with Gasteiger partial charge in [0.1, 0.15) is 10.6 Å². The highest BCUT2D eigenvalue weighted by Crippen LogP contribution is 2.36. The maximum absolute atomic E-state index is 12.2. The summed E-state index contributed by atoms with van der Waals surface area (Å²) in [5, 5.41) is 4.04. The fourth-order valence-electron chi connectivity index (χ4n) is 2.06. The molecule has 0 saturated carbocycles. The van der Waals surface area contributed by atoms with Crippen molar-refractivity contribution in [1.29, 1.82) is 0 Å². The lowest BCUT2D eigenvalue weighted by Gasteiger charge is -2.06. The molecule has 0 aliphatic carbocycles. The molecule has 106 valence electrons. The topological polar surface area (TPSA) is 51.2 Å². The molecule has 1 N–H and O–H groups in total. The fraction of sp³-hybridized carbons (Fsp3) is 0.125. The first-order chi connectivity index (χ1) is 10.3. The number of carbonyl (C=O) groups is 1. The number of ether oxygens (including phenoxy) is 1. The number of carbonyl (C=O) groups excluding carboxylic acids is 1. The summed E-state index contributed by atoms with van der Waals surface area (Å²) in [6.45, 7) is 2.14. The molecule has 0 atom stereocenters. The molecule has 1 aromatic carbocycles. The number of pyridine rings is 1. The second kappa shape index (κ2) is 5.93. The first kappa shape index (κ1) is 13.6. The molecule has 0 aliphatic rings. The first-order valence-corrected chi connectivity index (χ1v) is 7.48. The van der Waals surface area contributed by atoms with Crippen LogP contribution >= 0.6 is 11.3 Å². The smallest absolute Gasteiger partial charge is 0.343 e. The van der Waals surface area contributed by atoms with Crippen molar-refractivity contribution in [2.45, 2.75) is 6.92 Å². The third-order valence-electron chi connectivity index (χ3n) is 2.96. The summed E-state index contributed by atoms with van der Waals surface area (Å²) in [6.07, 6.45) is 1.68. The number of aromatic nitrogens is 1. The lowest BCUT2D eigenvalue weighted by atomic mass is 10.2. The van der Waals surface area contributed by atoms with Crippen molar-refractivity contribution in [2.75, 3.05) is 11.9 Å². The van der Waals surface area contributed by atoms with Crippen LogP contribution in [0.5, 0.6) is 0 Å². The minimum Gasteiger partial charge on any atom is -0.462 e. The molecule has 0 saturated heterocycles. The van der Waals surface area contributed by atoms with E-state index in [9.17, 15) is 4.79 Å². The molecule has 0 radical (unpaired) electrons. The number of hydrogen-bond acceptors (Lipinski definition) is 5. The van der Waals surface area contributed by atoms with Crippen LogP contribution in [0.2, 0.25) is 0 Å². The molecular formula is C16H14N2O2S. The van der Waals surface area contributed by atoms with Crippen LogP contribution in [0.1, 0.15) is 17.3 Å². The van der Waals surface area contributed by atoms with E-state index in [1.54, 1.807) is 13.1 Å². The Hall–Kier alpha value is -2.40. The Kier molecular flexibility index (Phi) is 3.83. The number of thiophene rings is 1. The molecule has 0 unspecified atom stereocenters. The van der Waals surface area contributed by atoms with Gasteiger partial charge in [0.15, 0.2) is 0 Å². The van der Waals surface area contributed by atoms with Crippen LogP contribution in [0.15, 0.2) is 48.7 Å². The van der Waals surface area contributed by atoms with Crippen LogP contribution in [0.4, 0.5) is 10.7 Å². The van der Waals surface area contributed by atoms with Crippen LogP contribution in [0, 0.1) is 0 Å². The van der Waals surface area contributed by atoms with Crippen LogP contribution in [0.3, 0.4) is 0 Å². The van der Waals surface area contributed by atoms with Gasteiger partial charge >= 0.3 is 5.97 Å². The van der Waals surface area contributed by atoms with E-state index in [4.69, 9.17) is 4.74 Å². The number of rotatable bonds is 4. The van der Waals surface area contributed by atoms with E-state index in [-0.39, 0.29) is 5.97 Å². The normalized spacial score (nSPS) is 10.5. The van der Waals surface area contributed by atoms with Crippen molar-refractivity contribution in [3.05, 3.63) is 54.2 Å². The van der Waals surface area contributed by atoms with Gasteiger partial charge in [-0.05, 0) is 31.2 Å². The maximum atomic E-state index is 12.2. The molecule has 5 heteroatoms. The van der Waals surface area contributed by atoms with Gasteiger partial charge < -0.3 is 10.1 Å². The van der Waals surface area contributed by atoms with Crippen LogP contribution in [-0.4, -0.2) is 17.6 Å². The van der Waals surface area contributed by atoms with Crippen molar-refractivity contribution >= 4 is 38.2 Å². The van der Waals surface area contributed by atoms with Gasteiger partial charge in [0.05, 0.1) is 16.8 Å². The van der Waals surface area contributed by atoms with Gasteiger partial charge in [0, 0.05) is 11.9 Å². The highest BCUT2D eigenvalue weighted by Gasteiger charge is 2.21. The monoisotopic (exact) mass is 298 g/mol. The highest BCUT2D eigenvalue weighted by molar-refractivity contribution is 7.23. The standard InChI is InChI=1S/C16H14N2O2S/c1-2-20-16(19)13-14-12(9-6-10-17-14)21-15(13)18-11-7-4-3-5-8-11/h3-10,18H,2H2,1H3. The Labute approximate surface area is 126 Å². The van der Waals surface area contributed by atoms with Crippen molar-refractivity contribution in [3.8, 4) is 0 Å². The van der Waals surface area contributed by atoms with Crippen LogP contribution in [0.25, 0.3) is 10.2 Å². The molecule has 3 aromatic rings. The number of anilines is 2. The predicted octanol–water partition coefficient (Wildman–Crippen LogP) is 4.22. The molecule has 2 aromatic heterocycles. The van der Waals surface area contributed by atoms with Crippen molar-refractivity contribution in [1.82, 2.24) is 4.98 Å². The number of nitrogens with zero attached hydrogens (tertiary/aromatic N) is 1. The van der Waals surface area contributed by atoms with Gasteiger partial charge in [-0.25, -0.2) is 4.79 Å². The van der Waals surface area contributed by atoms with Crippen molar-refractivity contribution in [3.63, 3.8) is 0 Å². The first-order valence-electron chi connectivity index (χ1n) is 6.66. The van der Waals surface area contributed by atoms with Gasteiger partial charge in [0.2, 0.25) is 0 Å². The lowest BCUT2D eigenvalue weighted by molar-refractivity contribution is 0.0530. The number of nitrogens with one attached hydrogen (secondary N) is 1. The third-order valence-corrected chi connectivity index (χ3v) is 4.02. The molecule has 3 rings (SSSR count). The van der Waals surface area contributed by atoms with E-state index in [2.05, 4.69) is 10.3 Å². The zero-order chi connectivity index (χ0) is 14.7. The number of para-hydroxylation sites is 1. The summed E-state index contributed by atoms with van der Waals surface area (Å²) in [6, 6.07) is 13.5. The summed E-state index contributed by atoms with van der Waals surface area (Å²) in [5.41, 5.74) is 2.11. The zero-order valence-electron chi connectivity index (χ0n) is 11.5. The van der Waals surface area contributed by atoms with E-state index in [1.807, 2.05) is 42.5 Å². The van der Waals surface area contributed by atoms with Crippen molar-refractivity contribution < 1.29 is 9.53 Å². The quantitative estimate of drug-likeness (QED) is 0.733. The van der Waals surface area contributed by atoms with Gasteiger partial charge in [-0.2, -0.15) is 0 Å². The van der Waals surface area contributed by atoms with Crippen molar-refractivity contribution in [2.24, 2.45) is 0 Å². The summed E-state index contributed by atoms with van der Waals surface area (Å²) >= 11 is 1.50. The minimum atomic E-state index is -0.346. The van der Waals surface area contributed by atoms with E-state index >= 15 is 0 Å². The SMILES string of the molecule is CCOC(=O)c1c(Nc2ccccc2)sc2cccnc12. The summed E-state index contributed by atoms with van der Waals surface area (Å²) < 4.78 is 6.12. The molecule has 0 fully saturated rings. The summed E-state index contributed by atoms with van der Waals surface area (Å²) in [4.78, 5) is 16.6. The highest BCUT2D eigenvalue weighted by atomic mass is 32.1. The average molecular weight is 298 g/mol. The Morgan fingerprint density at radius 2 is 2.05 bits per heavy atom. The van der Waals surface area contributed by atoms with Gasteiger partial charge in [0.25, 0.3) is 0 Å². The zero-order valence-corrected chi connectivity index (χ0v) is 12.3. The second-order valence-electron chi connectivity index (χ2n) is 4.37. The third kappa shape index (κ3) is 2.73. The average Bonchev–Trinajstić information content (AvgIpc) is 2.86. The summed E-state index contributed by atoms with van der Waals surface area (Å²) in [5.74, 6) is -0.346. The summed E-state index contributed by atoms with van der Waals surface area (Å²) in [7, 11) is 0. The Balaban J connectivity index is 2.08. The van der Waals surface area contributed by atoms with Gasteiger partial charge in [-0.1, -0.05) is 18.2 Å². The largest absolute Gasteiger partial charge is 0.462 e. The van der Waals surface area contributed by atoms with Crippen LogP contribution < -0.4 is 5.32 Å². The molecule has 2 heterocycles. The Morgan fingerprint density at radius 3 is 2.81 bits per heavy atom.